The lowest BCUT2D eigenvalue weighted by molar-refractivity contribution is -0.145. The van der Waals surface area contributed by atoms with Gasteiger partial charge in [0.2, 0.25) is 0 Å². The van der Waals surface area contributed by atoms with Crippen LogP contribution in [0.25, 0.3) is 0 Å². The lowest BCUT2D eigenvalue weighted by atomic mass is 9.97. The number of rotatable bonds is 4. The number of carboxylic acids is 1. The van der Waals surface area contributed by atoms with Gasteiger partial charge in [0.1, 0.15) is 4.34 Å². The number of aromatic nitrogens is 1. The van der Waals surface area contributed by atoms with E-state index in [1.165, 1.54) is 11.8 Å². The molecular formula is C9H13NO2S2. The fourth-order valence-electron chi connectivity index (χ4n) is 0.703. The van der Waals surface area contributed by atoms with Gasteiger partial charge in [0.05, 0.1) is 5.41 Å². The summed E-state index contributed by atoms with van der Waals surface area (Å²) < 4.78 is 0.942. The molecule has 1 N–H and O–H groups in total. The Labute approximate surface area is 91.6 Å². The number of hydrogen-bond donors (Lipinski definition) is 1. The first-order valence-electron chi connectivity index (χ1n) is 4.20. The van der Waals surface area contributed by atoms with E-state index in [9.17, 15) is 4.79 Å². The van der Waals surface area contributed by atoms with Crippen LogP contribution < -0.4 is 0 Å². The summed E-state index contributed by atoms with van der Waals surface area (Å²) in [6, 6.07) is 0. The van der Waals surface area contributed by atoms with Gasteiger partial charge in [-0.3, -0.25) is 4.79 Å². The SMILES string of the molecule is Cc1csc(SCC(C)(C)C(=O)O)n1. The second kappa shape index (κ2) is 4.31. The van der Waals surface area contributed by atoms with Gasteiger partial charge in [0, 0.05) is 16.8 Å². The largest absolute Gasteiger partial charge is 0.481 e. The lowest BCUT2D eigenvalue weighted by Gasteiger charge is -2.16. The second-order valence-corrected chi connectivity index (χ2v) is 5.81. The van der Waals surface area contributed by atoms with E-state index in [4.69, 9.17) is 5.11 Å². The normalized spacial score (nSPS) is 11.6. The molecule has 1 heterocycles. The van der Waals surface area contributed by atoms with Crippen LogP contribution in [0.1, 0.15) is 19.5 Å². The summed E-state index contributed by atoms with van der Waals surface area (Å²) in [5.74, 6) is -0.215. The lowest BCUT2D eigenvalue weighted by Crippen LogP contribution is -2.26. The van der Waals surface area contributed by atoms with Crippen LogP contribution in [0.5, 0.6) is 0 Å². The number of carboxylic acid groups (broad SMARTS) is 1. The van der Waals surface area contributed by atoms with E-state index in [-0.39, 0.29) is 0 Å². The first-order chi connectivity index (χ1) is 6.42. The fraction of sp³-hybridized carbons (Fsp3) is 0.556. The molecule has 5 heteroatoms. The van der Waals surface area contributed by atoms with Crippen LogP contribution in [0.15, 0.2) is 9.72 Å². The van der Waals surface area contributed by atoms with Crippen LogP contribution in [0, 0.1) is 12.3 Å². The molecule has 78 valence electrons. The highest BCUT2D eigenvalue weighted by Gasteiger charge is 2.27. The molecule has 0 radical (unpaired) electrons. The van der Waals surface area contributed by atoms with Gasteiger partial charge in [-0.2, -0.15) is 0 Å². The summed E-state index contributed by atoms with van der Waals surface area (Å²) in [7, 11) is 0. The van der Waals surface area contributed by atoms with Crippen molar-refractivity contribution < 1.29 is 9.90 Å². The van der Waals surface area contributed by atoms with Crippen LogP contribution in [-0.2, 0) is 4.79 Å². The molecular weight excluding hydrogens is 218 g/mol. The van der Waals surface area contributed by atoms with Crippen molar-refractivity contribution in [3.05, 3.63) is 11.1 Å². The Kier molecular flexibility index (Phi) is 3.55. The summed E-state index contributed by atoms with van der Waals surface area (Å²) in [5.41, 5.74) is 0.301. The highest BCUT2D eigenvalue weighted by atomic mass is 32.2. The summed E-state index contributed by atoms with van der Waals surface area (Å²) in [6.45, 7) is 5.38. The Morgan fingerprint density at radius 2 is 2.36 bits per heavy atom. The van der Waals surface area contributed by atoms with E-state index in [1.807, 2.05) is 12.3 Å². The van der Waals surface area contributed by atoms with Gasteiger partial charge in [-0.15, -0.1) is 11.3 Å². The summed E-state index contributed by atoms with van der Waals surface area (Å²) in [5, 5.41) is 10.9. The van der Waals surface area contributed by atoms with Crippen molar-refractivity contribution >= 4 is 29.1 Å². The van der Waals surface area contributed by atoms with E-state index < -0.39 is 11.4 Å². The smallest absolute Gasteiger partial charge is 0.309 e. The molecule has 0 atom stereocenters. The molecule has 0 aliphatic carbocycles. The molecule has 0 aliphatic rings. The van der Waals surface area contributed by atoms with Gasteiger partial charge >= 0.3 is 5.97 Å². The monoisotopic (exact) mass is 231 g/mol. The van der Waals surface area contributed by atoms with E-state index >= 15 is 0 Å². The molecule has 14 heavy (non-hydrogen) atoms. The molecule has 0 bridgehead atoms. The average molecular weight is 231 g/mol. The highest BCUT2D eigenvalue weighted by Crippen LogP contribution is 2.29. The molecule has 1 rings (SSSR count). The van der Waals surface area contributed by atoms with Crippen molar-refractivity contribution in [1.29, 1.82) is 0 Å². The van der Waals surface area contributed by atoms with E-state index in [0.29, 0.717) is 5.75 Å². The molecule has 0 aliphatic heterocycles. The number of nitrogens with zero attached hydrogens (tertiary/aromatic N) is 1. The molecule has 0 fully saturated rings. The molecule has 3 nitrogen and oxygen atoms in total. The molecule has 0 unspecified atom stereocenters. The fourth-order valence-corrected chi connectivity index (χ4v) is 2.63. The molecule has 1 aromatic rings. The summed E-state index contributed by atoms with van der Waals surface area (Å²) >= 11 is 3.06. The zero-order valence-electron chi connectivity index (χ0n) is 8.40. The Morgan fingerprint density at radius 3 is 2.79 bits per heavy atom. The van der Waals surface area contributed by atoms with Crippen molar-refractivity contribution in [1.82, 2.24) is 4.98 Å². The van der Waals surface area contributed by atoms with Crippen molar-refractivity contribution in [2.24, 2.45) is 5.41 Å². The maximum atomic E-state index is 10.8. The van der Waals surface area contributed by atoms with Gasteiger partial charge < -0.3 is 5.11 Å². The van der Waals surface area contributed by atoms with Crippen molar-refractivity contribution in [2.75, 3.05) is 5.75 Å². The number of carbonyl (C=O) groups is 1. The standard InChI is InChI=1S/C9H13NO2S2/c1-6-4-13-8(10-6)14-5-9(2,3)7(11)12/h4H,5H2,1-3H3,(H,11,12). The van der Waals surface area contributed by atoms with Gasteiger partial charge in [0.15, 0.2) is 0 Å². The Bertz CT molecular complexity index is 333. The Balaban J connectivity index is 2.52. The first-order valence-corrected chi connectivity index (χ1v) is 6.07. The van der Waals surface area contributed by atoms with Crippen molar-refractivity contribution in [3.63, 3.8) is 0 Å². The minimum atomic E-state index is -0.765. The maximum absolute atomic E-state index is 10.8. The van der Waals surface area contributed by atoms with E-state index in [2.05, 4.69) is 4.98 Å². The van der Waals surface area contributed by atoms with E-state index in [1.54, 1.807) is 25.2 Å². The van der Waals surface area contributed by atoms with E-state index in [0.717, 1.165) is 10.0 Å². The predicted molar refractivity (Wildman–Crippen MR) is 59.0 cm³/mol. The third kappa shape index (κ3) is 2.99. The Hall–Kier alpha value is -0.550. The molecule has 0 saturated heterocycles. The van der Waals surface area contributed by atoms with Gasteiger partial charge in [0.25, 0.3) is 0 Å². The zero-order chi connectivity index (χ0) is 10.8. The average Bonchev–Trinajstić information content (AvgIpc) is 2.48. The third-order valence-corrected chi connectivity index (χ3v) is 4.33. The second-order valence-electron chi connectivity index (χ2n) is 3.73. The number of aliphatic carboxylic acids is 1. The zero-order valence-corrected chi connectivity index (χ0v) is 10.0. The van der Waals surface area contributed by atoms with Crippen LogP contribution in [0.2, 0.25) is 0 Å². The van der Waals surface area contributed by atoms with Crippen LogP contribution in [0.4, 0.5) is 0 Å². The van der Waals surface area contributed by atoms with Gasteiger partial charge in [-0.25, -0.2) is 4.98 Å². The van der Waals surface area contributed by atoms with Crippen molar-refractivity contribution in [2.45, 2.75) is 25.1 Å². The molecule has 0 amide bonds. The topological polar surface area (TPSA) is 50.2 Å². The first kappa shape index (κ1) is 11.5. The van der Waals surface area contributed by atoms with Crippen molar-refractivity contribution in [3.8, 4) is 0 Å². The number of hydrogen-bond acceptors (Lipinski definition) is 4. The molecule has 1 aromatic heterocycles. The third-order valence-electron chi connectivity index (χ3n) is 1.73. The number of thioether (sulfide) groups is 1. The Morgan fingerprint density at radius 1 is 1.71 bits per heavy atom. The minimum Gasteiger partial charge on any atom is -0.481 e. The quantitative estimate of drug-likeness (QED) is 0.809. The summed E-state index contributed by atoms with van der Waals surface area (Å²) in [6.07, 6.45) is 0. The van der Waals surface area contributed by atoms with Gasteiger partial charge in [-0.1, -0.05) is 11.8 Å². The molecule has 0 aromatic carbocycles. The molecule has 0 spiro atoms. The predicted octanol–water partition coefficient (Wildman–Crippen LogP) is 2.65. The minimum absolute atomic E-state index is 0.551. The maximum Gasteiger partial charge on any atom is 0.309 e. The highest BCUT2D eigenvalue weighted by molar-refractivity contribution is 8.01. The number of thiazole rings is 1. The summed E-state index contributed by atoms with van der Waals surface area (Å²) in [4.78, 5) is 15.1. The van der Waals surface area contributed by atoms with Crippen LogP contribution in [0.3, 0.4) is 0 Å². The van der Waals surface area contributed by atoms with Crippen LogP contribution >= 0.6 is 23.1 Å². The molecule has 0 saturated carbocycles. The van der Waals surface area contributed by atoms with Gasteiger partial charge in [-0.05, 0) is 20.8 Å². The van der Waals surface area contributed by atoms with Crippen LogP contribution in [-0.4, -0.2) is 21.8 Å². The number of aryl methyl sites for hydroxylation is 1.